The first-order chi connectivity index (χ1) is 5.77. The van der Waals surface area contributed by atoms with E-state index in [1.165, 1.54) is 12.3 Å². The molecule has 1 aromatic rings. The molecule has 0 atom stereocenters. The normalized spacial score (nSPS) is 15.2. The molecule has 2 N–H and O–H groups in total. The summed E-state index contributed by atoms with van der Waals surface area (Å²) in [7, 11) is 0. The van der Waals surface area contributed by atoms with Gasteiger partial charge in [-0.25, -0.2) is 10.2 Å². The molecule has 0 saturated heterocycles. The van der Waals surface area contributed by atoms with Crippen molar-refractivity contribution >= 4 is 5.91 Å². The van der Waals surface area contributed by atoms with Crippen LogP contribution in [0.2, 0.25) is 0 Å². The number of fused-ring (bicyclic) bond motifs is 1. The van der Waals surface area contributed by atoms with Gasteiger partial charge in [-0.2, -0.15) is 0 Å². The van der Waals surface area contributed by atoms with Crippen LogP contribution in [0, 0.1) is 0 Å². The van der Waals surface area contributed by atoms with Gasteiger partial charge in [0.05, 0.1) is 5.56 Å². The first-order valence-electron chi connectivity index (χ1n) is 3.42. The Labute approximate surface area is 67.4 Å². The van der Waals surface area contributed by atoms with Crippen LogP contribution in [0.3, 0.4) is 0 Å². The first-order valence-corrected chi connectivity index (χ1v) is 3.42. The van der Waals surface area contributed by atoms with Crippen LogP contribution in [0.4, 0.5) is 0 Å². The number of carbonyl (C=O) groups excluding carboxylic acids is 1. The molecule has 1 aromatic heterocycles. The summed E-state index contributed by atoms with van der Waals surface area (Å²) in [4.78, 5) is 21.8. The number of amides is 1. The van der Waals surface area contributed by atoms with E-state index in [9.17, 15) is 9.59 Å². The van der Waals surface area contributed by atoms with Gasteiger partial charge in [-0.3, -0.25) is 10.2 Å². The molecule has 1 aliphatic rings. The lowest BCUT2D eigenvalue weighted by Crippen LogP contribution is -2.42. The minimum Gasteiger partial charge on any atom is -0.431 e. The fourth-order valence-corrected chi connectivity index (χ4v) is 1.07. The minimum atomic E-state index is -0.509. The molecule has 0 saturated carbocycles. The molecule has 0 aromatic carbocycles. The van der Waals surface area contributed by atoms with Gasteiger partial charge in [0.2, 0.25) is 0 Å². The highest BCUT2D eigenvalue weighted by atomic mass is 16.4. The number of hydrogen-bond donors (Lipinski definition) is 2. The van der Waals surface area contributed by atoms with Crippen molar-refractivity contribution in [3.05, 3.63) is 33.9 Å². The summed E-state index contributed by atoms with van der Waals surface area (Å²) in [5.74, 6) is -0.302. The van der Waals surface area contributed by atoms with Crippen LogP contribution in [0.15, 0.2) is 21.5 Å². The second-order valence-electron chi connectivity index (χ2n) is 2.45. The smallest absolute Gasteiger partial charge is 0.336 e. The van der Waals surface area contributed by atoms with Crippen molar-refractivity contribution in [3.63, 3.8) is 0 Å². The molecule has 0 unspecified atom stereocenters. The van der Waals surface area contributed by atoms with Crippen molar-refractivity contribution in [2.45, 2.75) is 6.54 Å². The van der Waals surface area contributed by atoms with E-state index in [1.54, 1.807) is 0 Å². The lowest BCUT2D eigenvalue weighted by Gasteiger charge is -2.15. The van der Waals surface area contributed by atoms with Crippen molar-refractivity contribution in [2.75, 3.05) is 0 Å². The second kappa shape index (κ2) is 2.46. The van der Waals surface area contributed by atoms with E-state index in [0.717, 1.165) is 0 Å². The van der Waals surface area contributed by atoms with Crippen molar-refractivity contribution in [3.8, 4) is 0 Å². The number of carbonyl (C=O) groups is 1. The third-order valence-electron chi connectivity index (χ3n) is 1.65. The van der Waals surface area contributed by atoms with Gasteiger partial charge in [-0.1, -0.05) is 0 Å². The van der Waals surface area contributed by atoms with Crippen LogP contribution in [0.25, 0.3) is 0 Å². The van der Waals surface area contributed by atoms with Crippen LogP contribution in [-0.2, 0) is 6.54 Å². The molecule has 1 amide bonds. The van der Waals surface area contributed by atoms with E-state index < -0.39 is 5.63 Å². The molecule has 5 heteroatoms. The highest BCUT2D eigenvalue weighted by Crippen LogP contribution is 2.07. The standard InChI is InChI=1S/C7H6N2O3/c10-6-1-5-4(3-12-6)2-8-9-7(5)11/h1,3,8H,2H2,(H,9,11). The van der Waals surface area contributed by atoms with E-state index in [1.807, 2.05) is 0 Å². The molecule has 0 fully saturated rings. The Bertz CT molecular complexity index is 382. The summed E-state index contributed by atoms with van der Waals surface area (Å²) in [5.41, 5.74) is 5.61. The third-order valence-corrected chi connectivity index (χ3v) is 1.65. The average molecular weight is 166 g/mol. The largest absolute Gasteiger partial charge is 0.431 e. The summed E-state index contributed by atoms with van der Waals surface area (Å²) in [5, 5.41) is 0. The molecule has 0 bridgehead atoms. The number of hydrazine groups is 1. The van der Waals surface area contributed by atoms with Gasteiger partial charge < -0.3 is 4.42 Å². The molecule has 2 heterocycles. The quantitative estimate of drug-likeness (QED) is 0.539. The number of rotatable bonds is 0. The Morgan fingerprint density at radius 3 is 3.08 bits per heavy atom. The Kier molecular flexibility index (Phi) is 1.44. The zero-order valence-electron chi connectivity index (χ0n) is 6.09. The maximum atomic E-state index is 11.1. The summed E-state index contributed by atoms with van der Waals surface area (Å²) < 4.78 is 4.60. The fourth-order valence-electron chi connectivity index (χ4n) is 1.07. The van der Waals surface area contributed by atoms with Gasteiger partial charge >= 0.3 is 5.63 Å². The van der Waals surface area contributed by atoms with E-state index in [4.69, 9.17) is 0 Å². The van der Waals surface area contributed by atoms with Gasteiger partial charge in [-0.15, -0.1) is 0 Å². The van der Waals surface area contributed by atoms with Crippen molar-refractivity contribution < 1.29 is 9.21 Å². The molecule has 0 spiro atoms. The van der Waals surface area contributed by atoms with Crippen LogP contribution in [-0.4, -0.2) is 5.91 Å². The van der Waals surface area contributed by atoms with Crippen LogP contribution in [0.1, 0.15) is 15.9 Å². The SMILES string of the molecule is O=C1NNCc2coc(=O)cc21. The zero-order valence-corrected chi connectivity index (χ0v) is 6.09. The highest BCUT2D eigenvalue weighted by Gasteiger charge is 2.16. The van der Waals surface area contributed by atoms with Crippen molar-refractivity contribution in [1.82, 2.24) is 10.9 Å². The molecule has 5 nitrogen and oxygen atoms in total. The Hall–Kier alpha value is -1.62. The van der Waals surface area contributed by atoms with Crippen LogP contribution >= 0.6 is 0 Å². The lowest BCUT2D eigenvalue weighted by molar-refractivity contribution is 0.0918. The number of nitrogens with one attached hydrogen (secondary N) is 2. The average Bonchev–Trinajstić information content (AvgIpc) is 2.07. The predicted octanol–water partition coefficient (Wildman–Crippen LogP) is -0.612. The fraction of sp³-hybridized carbons (Fsp3) is 0.143. The first kappa shape index (κ1) is 7.05. The van der Waals surface area contributed by atoms with E-state index in [-0.39, 0.29) is 5.91 Å². The molecule has 2 rings (SSSR count). The Morgan fingerprint density at radius 1 is 1.42 bits per heavy atom. The summed E-state index contributed by atoms with van der Waals surface area (Å²) >= 11 is 0. The van der Waals surface area contributed by atoms with Crippen LogP contribution in [0.5, 0.6) is 0 Å². The zero-order chi connectivity index (χ0) is 8.55. The Morgan fingerprint density at radius 2 is 2.25 bits per heavy atom. The molecule has 1 aliphatic heterocycles. The topological polar surface area (TPSA) is 71.3 Å². The molecule has 0 radical (unpaired) electrons. The predicted molar refractivity (Wildman–Crippen MR) is 39.3 cm³/mol. The van der Waals surface area contributed by atoms with Crippen molar-refractivity contribution in [1.29, 1.82) is 0 Å². The van der Waals surface area contributed by atoms with Gasteiger partial charge in [0, 0.05) is 18.2 Å². The van der Waals surface area contributed by atoms with Crippen LogP contribution < -0.4 is 16.5 Å². The maximum Gasteiger partial charge on any atom is 0.336 e. The molecular weight excluding hydrogens is 160 g/mol. The minimum absolute atomic E-state index is 0.302. The highest BCUT2D eigenvalue weighted by molar-refractivity contribution is 5.95. The maximum absolute atomic E-state index is 11.1. The number of hydrogen-bond acceptors (Lipinski definition) is 4. The van der Waals surface area contributed by atoms with Gasteiger partial charge in [-0.05, 0) is 0 Å². The summed E-state index contributed by atoms with van der Waals surface area (Å²) in [6, 6.07) is 1.19. The molecular formula is C7H6N2O3. The van der Waals surface area contributed by atoms with E-state index >= 15 is 0 Å². The molecule has 0 aliphatic carbocycles. The van der Waals surface area contributed by atoms with Gasteiger partial charge in [0.1, 0.15) is 6.26 Å². The van der Waals surface area contributed by atoms with Gasteiger partial charge in [0.25, 0.3) is 5.91 Å². The van der Waals surface area contributed by atoms with Crippen molar-refractivity contribution in [2.24, 2.45) is 0 Å². The Balaban J connectivity index is 2.61. The van der Waals surface area contributed by atoms with Gasteiger partial charge in [0.15, 0.2) is 0 Å². The van der Waals surface area contributed by atoms with E-state index in [2.05, 4.69) is 15.3 Å². The van der Waals surface area contributed by atoms with E-state index in [0.29, 0.717) is 17.7 Å². The second-order valence-corrected chi connectivity index (χ2v) is 2.45. The lowest BCUT2D eigenvalue weighted by atomic mass is 10.1. The summed E-state index contributed by atoms with van der Waals surface area (Å²) in [6.45, 7) is 0.477. The molecule has 62 valence electrons. The molecule has 12 heavy (non-hydrogen) atoms. The summed E-state index contributed by atoms with van der Waals surface area (Å²) in [6.07, 6.45) is 1.30. The third kappa shape index (κ3) is 0.998. The monoisotopic (exact) mass is 166 g/mol.